The van der Waals surface area contributed by atoms with Crippen LogP contribution in [0.2, 0.25) is 0 Å². The van der Waals surface area contributed by atoms with E-state index in [2.05, 4.69) is 5.16 Å². The van der Waals surface area contributed by atoms with E-state index in [1.165, 1.54) is 23.5 Å². The van der Waals surface area contributed by atoms with Crippen LogP contribution in [0.3, 0.4) is 0 Å². The van der Waals surface area contributed by atoms with Crippen molar-refractivity contribution >= 4 is 23.0 Å². The summed E-state index contributed by atoms with van der Waals surface area (Å²) in [6.07, 6.45) is 0.349. The zero-order valence-electron chi connectivity index (χ0n) is 15.1. The zero-order valence-corrected chi connectivity index (χ0v) is 15.9. The van der Waals surface area contributed by atoms with Gasteiger partial charge in [-0.3, -0.25) is 4.79 Å². The fourth-order valence-electron chi connectivity index (χ4n) is 3.16. The number of halogens is 1. The van der Waals surface area contributed by atoms with E-state index in [1.54, 1.807) is 17.0 Å². The van der Waals surface area contributed by atoms with Gasteiger partial charge in [-0.1, -0.05) is 53.7 Å². The number of hydrogen-bond donors (Lipinski definition) is 0. The molecule has 0 N–H and O–H groups in total. The van der Waals surface area contributed by atoms with Gasteiger partial charge in [0.2, 0.25) is 0 Å². The molecule has 1 aliphatic heterocycles. The average Bonchev–Trinajstić information content (AvgIpc) is 3.41. The van der Waals surface area contributed by atoms with Crippen molar-refractivity contribution in [3.8, 4) is 0 Å². The lowest BCUT2D eigenvalue weighted by atomic mass is 10.0. The Kier molecular flexibility index (Phi) is 5.48. The third kappa shape index (κ3) is 4.28. The van der Waals surface area contributed by atoms with Crippen molar-refractivity contribution in [3.63, 3.8) is 0 Å². The molecule has 6 heteroatoms. The average molecular weight is 394 g/mol. The minimum Gasteiger partial charge on any atom is -0.390 e. The van der Waals surface area contributed by atoms with Crippen LogP contribution in [-0.4, -0.2) is 29.2 Å². The minimum absolute atomic E-state index is 0.0160. The van der Waals surface area contributed by atoms with E-state index < -0.39 is 0 Å². The second-order valence-electron chi connectivity index (χ2n) is 6.62. The van der Waals surface area contributed by atoms with Gasteiger partial charge in [-0.05, 0) is 34.7 Å². The van der Waals surface area contributed by atoms with Crippen LogP contribution in [0.25, 0.3) is 0 Å². The molecule has 4 nitrogen and oxygen atoms in total. The van der Waals surface area contributed by atoms with E-state index in [0.29, 0.717) is 24.4 Å². The highest BCUT2D eigenvalue weighted by Gasteiger charge is 2.27. The topological polar surface area (TPSA) is 41.9 Å². The number of benzene rings is 2. The molecule has 0 fully saturated rings. The molecule has 0 bridgehead atoms. The van der Waals surface area contributed by atoms with Gasteiger partial charge >= 0.3 is 0 Å². The number of amides is 1. The maximum absolute atomic E-state index is 13.1. The first-order valence-corrected chi connectivity index (χ1v) is 9.92. The lowest BCUT2D eigenvalue weighted by Crippen LogP contribution is -2.37. The molecule has 1 aliphatic rings. The van der Waals surface area contributed by atoms with Crippen molar-refractivity contribution in [2.24, 2.45) is 5.16 Å². The van der Waals surface area contributed by atoms with E-state index in [9.17, 15) is 9.18 Å². The molecule has 0 spiro atoms. The second kappa shape index (κ2) is 8.35. The van der Waals surface area contributed by atoms with Gasteiger partial charge in [-0.2, -0.15) is 0 Å². The normalized spacial score (nSPS) is 15.8. The van der Waals surface area contributed by atoms with Crippen LogP contribution in [0.1, 0.15) is 27.2 Å². The van der Waals surface area contributed by atoms with Gasteiger partial charge in [0.05, 0.1) is 17.1 Å². The van der Waals surface area contributed by atoms with Gasteiger partial charge in [-0.25, -0.2) is 4.39 Å². The summed E-state index contributed by atoms with van der Waals surface area (Å²) in [5, 5.41) is 6.06. The smallest absolute Gasteiger partial charge is 0.264 e. The van der Waals surface area contributed by atoms with Crippen molar-refractivity contribution in [3.05, 3.63) is 93.9 Å². The summed E-state index contributed by atoms with van der Waals surface area (Å²) in [4.78, 5) is 21.1. The molecule has 3 aromatic rings. The molecule has 0 unspecified atom stereocenters. The molecule has 1 amide bonds. The molecule has 142 valence electrons. The van der Waals surface area contributed by atoms with Gasteiger partial charge in [0.15, 0.2) is 6.10 Å². The highest BCUT2D eigenvalue weighted by Crippen LogP contribution is 2.21. The van der Waals surface area contributed by atoms with E-state index in [4.69, 9.17) is 4.84 Å². The van der Waals surface area contributed by atoms with Crippen molar-refractivity contribution < 1.29 is 14.0 Å². The molecule has 1 aromatic heterocycles. The fourth-order valence-corrected chi connectivity index (χ4v) is 3.85. The summed E-state index contributed by atoms with van der Waals surface area (Å²) < 4.78 is 13.1. The van der Waals surface area contributed by atoms with Crippen molar-refractivity contribution in [1.82, 2.24) is 4.90 Å². The second-order valence-corrected chi connectivity index (χ2v) is 7.57. The van der Waals surface area contributed by atoms with Crippen LogP contribution in [0.15, 0.2) is 77.3 Å². The van der Waals surface area contributed by atoms with Crippen LogP contribution >= 0.6 is 11.3 Å². The lowest BCUT2D eigenvalue weighted by Gasteiger charge is -2.24. The SMILES string of the molecule is O=C(c1cccs1)N(Cc1ccccc1)C[C@@H]1CC(c2ccc(F)cc2)=NO1. The molecule has 0 radical (unpaired) electrons. The van der Waals surface area contributed by atoms with Crippen molar-refractivity contribution in [1.29, 1.82) is 0 Å². The van der Waals surface area contributed by atoms with Gasteiger partial charge in [0.1, 0.15) is 5.82 Å². The first-order valence-electron chi connectivity index (χ1n) is 9.04. The molecule has 2 aromatic carbocycles. The highest BCUT2D eigenvalue weighted by atomic mass is 32.1. The summed E-state index contributed by atoms with van der Waals surface area (Å²) >= 11 is 1.43. The van der Waals surface area contributed by atoms with Crippen LogP contribution in [-0.2, 0) is 11.4 Å². The summed E-state index contributed by atoms with van der Waals surface area (Å²) in [7, 11) is 0. The summed E-state index contributed by atoms with van der Waals surface area (Å²) in [5.41, 5.74) is 2.67. The monoisotopic (exact) mass is 394 g/mol. The Labute approximate surface area is 166 Å². The van der Waals surface area contributed by atoms with Crippen LogP contribution in [0.4, 0.5) is 4.39 Å². The third-order valence-corrected chi connectivity index (χ3v) is 5.43. The van der Waals surface area contributed by atoms with Crippen molar-refractivity contribution in [2.45, 2.75) is 19.1 Å². The maximum Gasteiger partial charge on any atom is 0.264 e. The summed E-state index contributed by atoms with van der Waals surface area (Å²) in [6.45, 7) is 0.934. The first-order chi connectivity index (χ1) is 13.7. The predicted octanol–water partition coefficient (Wildman–Crippen LogP) is 4.72. The Balaban J connectivity index is 1.47. The molecule has 0 saturated heterocycles. The first kappa shape index (κ1) is 18.4. The molecular weight excluding hydrogens is 375 g/mol. The van der Waals surface area contributed by atoms with E-state index in [0.717, 1.165) is 16.8 Å². The van der Waals surface area contributed by atoms with Gasteiger partial charge in [0, 0.05) is 13.0 Å². The quantitative estimate of drug-likeness (QED) is 0.607. The number of hydrogen-bond acceptors (Lipinski definition) is 4. The van der Waals surface area contributed by atoms with E-state index in [1.807, 2.05) is 47.8 Å². The molecule has 1 atom stereocenters. The number of rotatable bonds is 6. The standard InChI is InChI=1S/C22H19FN2O2S/c23-18-10-8-17(9-11-18)20-13-19(27-24-20)15-25(14-16-5-2-1-3-6-16)22(26)21-7-4-12-28-21/h1-12,19H,13-15H2/t19-/m0/s1. The minimum atomic E-state index is -0.282. The molecule has 28 heavy (non-hydrogen) atoms. The number of thiophene rings is 1. The van der Waals surface area contributed by atoms with Crippen LogP contribution in [0.5, 0.6) is 0 Å². The van der Waals surface area contributed by atoms with E-state index in [-0.39, 0.29) is 17.8 Å². The molecular formula is C22H19FN2O2S. The number of carbonyl (C=O) groups is 1. The Morgan fingerprint density at radius 3 is 2.61 bits per heavy atom. The van der Waals surface area contributed by atoms with Crippen molar-refractivity contribution in [2.75, 3.05) is 6.54 Å². The Bertz CT molecular complexity index is 956. The number of oxime groups is 1. The highest BCUT2D eigenvalue weighted by molar-refractivity contribution is 7.12. The Morgan fingerprint density at radius 2 is 1.89 bits per heavy atom. The van der Waals surface area contributed by atoms with Gasteiger partial charge in [0.25, 0.3) is 5.91 Å². The Morgan fingerprint density at radius 1 is 1.11 bits per heavy atom. The zero-order chi connectivity index (χ0) is 19.3. The lowest BCUT2D eigenvalue weighted by molar-refractivity contribution is 0.0408. The van der Waals surface area contributed by atoms with Gasteiger partial charge in [-0.15, -0.1) is 11.3 Å². The van der Waals surface area contributed by atoms with Crippen LogP contribution < -0.4 is 0 Å². The van der Waals surface area contributed by atoms with Crippen LogP contribution in [0, 0.1) is 5.82 Å². The third-order valence-electron chi connectivity index (χ3n) is 4.57. The Hall–Kier alpha value is -2.99. The predicted molar refractivity (Wildman–Crippen MR) is 108 cm³/mol. The largest absolute Gasteiger partial charge is 0.390 e. The molecule has 4 rings (SSSR count). The fraction of sp³-hybridized carbons (Fsp3) is 0.182. The molecule has 2 heterocycles. The summed E-state index contributed by atoms with van der Waals surface area (Å²) in [6, 6.07) is 19.8. The molecule has 0 aliphatic carbocycles. The number of carbonyl (C=O) groups excluding carboxylic acids is 1. The van der Waals surface area contributed by atoms with Gasteiger partial charge < -0.3 is 9.74 Å². The van der Waals surface area contributed by atoms with E-state index >= 15 is 0 Å². The number of nitrogens with zero attached hydrogens (tertiary/aromatic N) is 2. The molecule has 0 saturated carbocycles. The maximum atomic E-state index is 13.1. The summed E-state index contributed by atoms with van der Waals surface area (Å²) in [5.74, 6) is -0.298.